The maximum Gasteiger partial charge on any atom is 0.326 e. The Morgan fingerprint density at radius 3 is 2.00 bits per heavy atom. The van der Waals surface area contributed by atoms with Crippen LogP contribution in [-0.2, 0) is 19.1 Å². The van der Waals surface area contributed by atoms with Crippen LogP contribution in [-0.4, -0.2) is 24.3 Å². The summed E-state index contributed by atoms with van der Waals surface area (Å²) in [7, 11) is 0. The normalized spacial score (nSPS) is 15.3. The van der Waals surface area contributed by atoms with Gasteiger partial charge in [-0.2, -0.15) is 0 Å². The van der Waals surface area contributed by atoms with Crippen molar-refractivity contribution in [3.63, 3.8) is 0 Å². The molecule has 2 N–H and O–H groups in total. The summed E-state index contributed by atoms with van der Waals surface area (Å²) < 4.78 is 9.49. The Morgan fingerprint density at radius 1 is 1.20 bits per heavy atom. The van der Waals surface area contributed by atoms with Gasteiger partial charge in [0.2, 0.25) is 6.29 Å². The van der Waals surface area contributed by atoms with Gasteiger partial charge in [0.25, 0.3) is 0 Å². The van der Waals surface area contributed by atoms with Crippen LogP contribution in [0.15, 0.2) is 0 Å². The molecule has 0 aromatic heterocycles. The highest BCUT2D eigenvalue weighted by Gasteiger charge is 2.30. The van der Waals surface area contributed by atoms with Crippen molar-refractivity contribution in [2.24, 2.45) is 11.1 Å². The van der Waals surface area contributed by atoms with Gasteiger partial charge in [0.15, 0.2) is 0 Å². The molecule has 0 spiro atoms. The third kappa shape index (κ3) is 5.37. The molecule has 88 valence electrons. The minimum Gasteiger partial charge on any atom is -0.426 e. The summed E-state index contributed by atoms with van der Waals surface area (Å²) in [5, 5.41) is 0. The molecule has 0 heterocycles. The molecule has 15 heavy (non-hydrogen) atoms. The van der Waals surface area contributed by atoms with E-state index >= 15 is 0 Å². The quantitative estimate of drug-likeness (QED) is 0.559. The molecule has 0 fully saturated rings. The van der Waals surface area contributed by atoms with Gasteiger partial charge < -0.3 is 15.2 Å². The van der Waals surface area contributed by atoms with Gasteiger partial charge in [-0.25, -0.2) is 0 Å². The van der Waals surface area contributed by atoms with Crippen LogP contribution in [0, 0.1) is 5.41 Å². The molecule has 0 saturated heterocycles. The fourth-order valence-electron chi connectivity index (χ4n) is 0.848. The Hall–Kier alpha value is -1.10. The number of rotatable bonds is 3. The van der Waals surface area contributed by atoms with E-state index in [1.165, 1.54) is 13.8 Å². The van der Waals surface area contributed by atoms with Crippen molar-refractivity contribution in [3.8, 4) is 0 Å². The molecule has 0 bridgehead atoms. The second-order valence-corrected chi connectivity index (χ2v) is 4.46. The molecular formula is C10H19NO4. The van der Waals surface area contributed by atoms with Crippen LogP contribution in [0.3, 0.4) is 0 Å². The minimum absolute atomic E-state index is 0.382. The van der Waals surface area contributed by atoms with E-state index in [-0.39, 0.29) is 5.41 Å². The number of carbonyl (C=O) groups is 2. The first-order valence-corrected chi connectivity index (χ1v) is 4.78. The molecule has 0 aliphatic carbocycles. The van der Waals surface area contributed by atoms with Gasteiger partial charge >= 0.3 is 11.9 Å². The van der Waals surface area contributed by atoms with Crippen LogP contribution in [0.5, 0.6) is 0 Å². The van der Waals surface area contributed by atoms with E-state index < -0.39 is 24.3 Å². The molecule has 0 amide bonds. The number of nitrogens with two attached hydrogens (primary N) is 1. The molecule has 0 aliphatic rings. The number of esters is 2. The van der Waals surface area contributed by atoms with E-state index in [4.69, 9.17) is 10.5 Å². The molecule has 0 unspecified atom stereocenters. The van der Waals surface area contributed by atoms with Crippen LogP contribution < -0.4 is 5.73 Å². The van der Waals surface area contributed by atoms with Crippen molar-refractivity contribution in [3.05, 3.63) is 0 Å². The number of ether oxygens (including phenoxy) is 2. The fourth-order valence-corrected chi connectivity index (χ4v) is 0.848. The van der Waals surface area contributed by atoms with Gasteiger partial charge in [-0.15, -0.1) is 0 Å². The highest BCUT2D eigenvalue weighted by molar-refractivity contribution is 5.76. The van der Waals surface area contributed by atoms with E-state index in [0.717, 1.165) is 0 Å². The van der Waals surface area contributed by atoms with Crippen molar-refractivity contribution in [2.45, 2.75) is 47.0 Å². The van der Waals surface area contributed by atoms with Gasteiger partial charge in [0, 0.05) is 13.8 Å². The third-order valence-electron chi connectivity index (χ3n) is 1.80. The SMILES string of the molecule is CC(=O)O[C@H](C)OC(=O)[C@@H](N)C(C)(C)C. The topological polar surface area (TPSA) is 78.6 Å². The molecule has 2 atom stereocenters. The van der Waals surface area contributed by atoms with Crippen molar-refractivity contribution in [1.29, 1.82) is 0 Å². The van der Waals surface area contributed by atoms with Crippen LogP contribution in [0.1, 0.15) is 34.6 Å². The lowest BCUT2D eigenvalue weighted by atomic mass is 9.87. The van der Waals surface area contributed by atoms with Crippen molar-refractivity contribution < 1.29 is 19.1 Å². The largest absolute Gasteiger partial charge is 0.426 e. The number of hydrogen-bond acceptors (Lipinski definition) is 5. The molecule has 5 nitrogen and oxygen atoms in total. The molecule has 0 aromatic carbocycles. The van der Waals surface area contributed by atoms with E-state index in [1.807, 2.05) is 20.8 Å². The average molecular weight is 217 g/mol. The van der Waals surface area contributed by atoms with Gasteiger partial charge in [-0.05, 0) is 5.41 Å². The Balaban J connectivity index is 4.19. The zero-order chi connectivity index (χ0) is 12.2. The molecule has 0 aliphatic heterocycles. The number of hydrogen-bond donors (Lipinski definition) is 1. The van der Waals surface area contributed by atoms with Crippen molar-refractivity contribution in [2.75, 3.05) is 0 Å². The lowest BCUT2D eigenvalue weighted by molar-refractivity contribution is -0.185. The van der Waals surface area contributed by atoms with Crippen LogP contribution in [0.2, 0.25) is 0 Å². The Kier molecular flexibility index (Phi) is 4.74. The summed E-state index contributed by atoms with van der Waals surface area (Å²) in [4.78, 5) is 22.0. The van der Waals surface area contributed by atoms with Gasteiger partial charge in [0.1, 0.15) is 6.04 Å². The molecule has 0 rings (SSSR count). The summed E-state index contributed by atoms with van der Waals surface area (Å²) in [5.74, 6) is -1.07. The Morgan fingerprint density at radius 2 is 1.67 bits per heavy atom. The molecule has 0 saturated carbocycles. The second kappa shape index (κ2) is 5.11. The summed E-state index contributed by atoms with van der Waals surface area (Å²) in [6, 6.07) is -0.740. The highest BCUT2D eigenvalue weighted by atomic mass is 16.7. The summed E-state index contributed by atoms with van der Waals surface area (Å²) >= 11 is 0. The van der Waals surface area contributed by atoms with Gasteiger partial charge in [0.05, 0.1) is 0 Å². The second-order valence-electron chi connectivity index (χ2n) is 4.46. The predicted molar refractivity (Wildman–Crippen MR) is 54.8 cm³/mol. The average Bonchev–Trinajstić information content (AvgIpc) is 1.99. The van der Waals surface area contributed by atoms with Gasteiger partial charge in [-0.1, -0.05) is 20.8 Å². The van der Waals surface area contributed by atoms with Crippen LogP contribution in [0.25, 0.3) is 0 Å². The lowest BCUT2D eigenvalue weighted by Crippen LogP contribution is -2.44. The van der Waals surface area contributed by atoms with E-state index in [0.29, 0.717) is 0 Å². The monoisotopic (exact) mass is 217 g/mol. The summed E-state index contributed by atoms with van der Waals surface area (Å²) in [6.45, 7) is 8.20. The maximum atomic E-state index is 11.4. The molecule has 0 aromatic rings. The maximum absolute atomic E-state index is 11.4. The first-order valence-electron chi connectivity index (χ1n) is 4.78. The zero-order valence-corrected chi connectivity index (χ0v) is 9.87. The molecule has 5 heteroatoms. The molecule has 0 radical (unpaired) electrons. The number of carbonyl (C=O) groups excluding carboxylic acids is 2. The predicted octanol–water partition coefficient (Wildman–Crippen LogP) is 0.812. The van der Waals surface area contributed by atoms with Crippen LogP contribution in [0.4, 0.5) is 0 Å². The smallest absolute Gasteiger partial charge is 0.326 e. The third-order valence-corrected chi connectivity index (χ3v) is 1.80. The first kappa shape index (κ1) is 13.9. The lowest BCUT2D eigenvalue weighted by Gasteiger charge is -2.26. The van der Waals surface area contributed by atoms with E-state index in [9.17, 15) is 9.59 Å². The zero-order valence-electron chi connectivity index (χ0n) is 9.87. The summed E-state index contributed by atoms with van der Waals surface area (Å²) in [5.41, 5.74) is 5.28. The molecular weight excluding hydrogens is 198 g/mol. The highest BCUT2D eigenvalue weighted by Crippen LogP contribution is 2.18. The van der Waals surface area contributed by atoms with Crippen molar-refractivity contribution in [1.82, 2.24) is 0 Å². The van der Waals surface area contributed by atoms with E-state index in [2.05, 4.69) is 4.74 Å². The van der Waals surface area contributed by atoms with Crippen molar-refractivity contribution >= 4 is 11.9 Å². The fraction of sp³-hybridized carbons (Fsp3) is 0.800. The Bertz CT molecular complexity index is 244. The summed E-state index contributed by atoms with van der Waals surface area (Å²) in [6.07, 6.45) is -0.900. The first-order chi connectivity index (χ1) is 6.64. The van der Waals surface area contributed by atoms with Crippen LogP contribution >= 0.6 is 0 Å². The Labute approximate surface area is 89.9 Å². The standard InChI is InChI=1S/C10H19NO4/c1-6(12)14-7(2)15-9(13)8(11)10(3,4)5/h7-8H,11H2,1-5H3/t7-,8+/m0/s1. The van der Waals surface area contributed by atoms with Gasteiger partial charge in [-0.3, -0.25) is 9.59 Å². The minimum atomic E-state index is -0.900. The van der Waals surface area contributed by atoms with E-state index in [1.54, 1.807) is 0 Å².